The summed E-state index contributed by atoms with van der Waals surface area (Å²) in [5, 5.41) is 18.3. The first-order valence-corrected chi connectivity index (χ1v) is 19.7. The summed E-state index contributed by atoms with van der Waals surface area (Å²) in [6.45, 7) is 12.6. The van der Waals surface area contributed by atoms with E-state index in [0.717, 1.165) is 11.4 Å². The van der Waals surface area contributed by atoms with Gasteiger partial charge in [0.15, 0.2) is 11.7 Å². The van der Waals surface area contributed by atoms with Gasteiger partial charge in [0, 0.05) is 67.7 Å². The lowest BCUT2D eigenvalue weighted by molar-refractivity contribution is 0.0987. The van der Waals surface area contributed by atoms with Crippen molar-refractivity contribution in [2.75, 3.05) is 25.6 Å². The first kappa shape index (κ1) is 42.5. The van der Waals surface area contributed by atoms with Crippen molar-refractivity contribution in [2.45, 2.75) is 74.0 Å². The Hall–Kier alpha value is -7.08. The van der Waals surface area contributed by atoms with Crippen molar-refractivity contribution in [2.24, 2.45) is 11.5 Å². The van der Waals surface area contributed by atoms with E-state index in [1.165, 1.54) is 19.2 Å². The quantitative estimate of drug-likeness (QED) is 0.0699. The van der Waals surface area contributed by atoms with Crippen LogP contribution in [0.3, 0.4) is 0 Å². The second-order valence-corrected chi connectivity index (χ2v) is 13.4. The number of imidazole rings is 1. The molecule has 18 heteroatoms. The third-order valence-electron chi connectivity index (χ3n) is 9.56. The topological polar surface area (TPSA) is 246 Å². The molecular formula is C42H49N11O7. The number of anilines is 1. The molecule has 0 aliphatic carbocycles. The van der Waals surface area contributed by atoms with Crippen LogP contribution >= 0.6 is 0 Å². The molecule has 18 nitrogen and oxygen atoms in total. The van der Waals surface area contributed by atoms with E-state index >= 15 is 0 Å². The van der Waals surface area contributed by atoms with Crippen molar-refractivity contribution in [1.29, 1.82) is 0 Å². The number of amides is 3. The molecule has 0 atom stereocenters. The average Bonchev–Trinajstić information content (AvgIpc) is 4.00. The Morgan fingerprint density at radius 2 is 1.60 bits per heavy atom. The van der Waals surface area contributed by atoms with Crippen molar-refractivity contribution in [3.8, 4) is 23.0 Å². The number of methoxy groups -OCH3 is 1. The van der Waals surface area contributed by atoms with E-state index in [1.54, 1.807) is 29.8 Å². The molecule has 314 valence electrons. The van der Waals surface area contributed by atoms with Gasteiger partial charge in [-0.1, -0.05) is 32.9 Å². The van der Waals surface area contributed by atoms with Gasteiger partial charge in [0.05, 0.1) is 36.1 Å². The molecule has 0 aliphatic rings. The number of ether oxygens (including phenoxy) is 2. The summed E-state index contributed by atoms with van der Waals surface area (Å²) >= 11 is 0. The molecule has 7 rings (SSSR count). The summed E-state index contributed by atoms with van der Waals surface area (Å²) in [6, 6.07) is 8.26. The molecule has 0 saturated heterocycles. The maximum atomic E-state index is 13.6. The van der Waals surface area contributed by atoms with E-state index in [9.17, 15) is 19.5 Å². The van der Waals surface area contributed by atoms with E-state index in [4.69, 9.17) is 35.3 Å². The van der Waals surface area contributed by atoms with Crippen LogP contribution in [0, 0.1) is 13.8 Å². The van der Waals surface area contributed by atoms with Crippen LogP contribution < -0.4 is 26.3 Å². The molecule has 0 saturated carbocycles. The zero-order valence-corrected chi connectivity index (χ0v) is 34.7. The van der Waals surface area contributed by atoms with Crippen LogP contribution in [-0.2, 0) is 26.1 Å². The second-order valence-electron chi connectivity index (χ2n) is 13.4. The Balaban J connectivity index is 0.00000297. The predicted molar refractivity (Wildman–Crippen MR) is 226 cm³/mol. The fraction of sp³-hybridized carbons (Fsp3) is 0.333. The number of nitrogens with two attached hydrogens (primary N) is 2. The van der Waals surface area contributed by atoms with Gasteiger partial charge in [0.1, 0.15) is 28.4 Å². The average molecular weight is 820 g/mol. The van der Waals surface area contributed by atoms with Gasteiger partial charge in [-0.3, -0.25) is 24.4 Å². The Morgan fingerprint density at radius 1 is 0.900 bits per heavy atom. The number of nitrogens with zero attached hydrogens (tertiary/aromatic N) is 8. The van der Waals surface area contributed by atoms with Crippen LogP contribution in [0.15, 0.2) is 53.1 Å². The molecule has 7 aromatic rings. The van der Waals surface area contributed by atoms with E-state index in [1.807, 2.05) is 62.1 Å². The third-order valence-corrected chi connectivity index (χ3v) is 9.56. The highest BCUT2D eigenvalue weighted by Gasteiger charge is 2.24. The van der Waals surface area contributed by atoms with E-state index in [0.29, 0.717) is 81.3 Å². The first-order valence-electron chi connectivity index (χ1n) is 19.7. The minimum absolute atomic E-state index is 0.0697. The fourth-order valence-electron chi connectivity index (χ4n) is 6.94. The van der Waals surface area contributed by atoms with Crippen molar-refractivity contribution in [3.05, 3.63) is 82.8 Å². The van der Waals surface area contributed by atoms with E-state index in [2.05, 4.69) is 20.4 Å². The maximum Gasteiger partial charge on any atom is 0.295 e. The van der Waals surface area contributed by atoms with Crippen molar-refractivity contribution >= 4 is 56.6 Å². The molecular weight excluding hydrogens is 771 g/mol. The fourth-order valence-corrected chi connectivity index (χ4v) is 6.94. The number of benzene rings is 2. The highest BCUT2D eigenvalue weighted by atomic mass is 16.5. The van der Waals surface area contributed by atoms with Crippen LogP contribution in [-0.4, -0.2) is 82.0 Å². The largest absolute Gasteiger partial charge is 0.494 e. The van der Waals surface area contributed by atoms with E-state index < -0.39 is 17.7 Å². The smallest absolute Gasteiger partial charge is 0.295 e. The van der Waals surface area contributed by atoms with Gasteiger partial charge in [-0.05, 0) is 50.6 Å². The number of aliphatic hydroxyl groups is 1. The molecule has 60 heavy (non-hydrogen) atoms. The molecule has 2 aromatic carbocycles. The maximum absolute atomic E-state index is 13.6. The summed E-state index contributed by atoms with van der Waals surface area (Å²) in [5.41, 5.74) is 16.0. The van der Waals surface area contributed by atoms with Crippen molar-refractivity contribution < 1.29 is 33.4 Å². The lowest BCUT2D eigenvalue weighted by atomic mass is 10.1. The lowest BCUT2D eigenvalue weighted by Gasteiger charge is -2.12. The second kappa shape index (κ2) is 18.2. The van der Waals surface area contributed by atoms with Crippen molar-refractivity contribution in [3.63, 3.8) is 0 Å². The van der Waals surface area contributed by atoms with Crippen molar-refractivity contribution in [1.82, 2.24) is 38.9 Å². The van der Waals surface area contributed by atoms with Gasteiger partial charge in [0.2, 0.25) is 23.5 Å². The molecule has 0 radical (unpaired) electrons. The highest BCUT2D eigenvalue weighted by Crippen LogP contribution is 2.37. The summed E-state index contributed by atoms with van der Waals surface area (Å²) < 4.78 is 23.0. The highest BCUT2D eigenvalue weighted by molar-refractivity contribution is 6.12. The number of carbonyl (C=O) groups excluding carboxylic acids is 3. The number of hydrogen-bond acceptors (Lipinski definition) is 12. The molecule has 0 aliphatic heterocycles. The molecule has 6 N–H and O–H groups in total. The monoisotopic (exact) mass is 819 g/mol. The van der Waals surface area contributed by atoms with Gasteiger partial charge in [-0.25, -0.2) is 19.9 Å². The number of rotatable bonds is 16. The number of primary amides is 2. The van der Waals surface area contributed by atoms with Gasteiger partial charge >= 0.3 is 0 Å². The summed E-state index contributed by atoms with van der Waals surface area (Å²) in [6.07, 6.45) is 6.35. The number of aliphatic hydroxyl groups excluding tert-OH is 1. The van der Waals surface area contributed by atoms with Gasteiger partial charge in [-0.15, -0.1) is 0 Å². The number of carbonyl (C=O) groups is 3. The Bertz CT molecular complexity index is 2760. The summed E-state index contributed by atoms with van der Waals surface area (Å²) in [4.78, 5) is 57.0. The molecule has 3 amide bonds. The summed E-state index contributed by atoms with van der Waals surface area (Å²) in [7, 11) is 1.47. The number of aromatic nitrogens is 8. The van der Waals surface area contributed by atoms with Crippen LogP contribution in [0.25, 0.3) is 44.5 Å². The van der Waals surface area contributed by atoms with Gasteiger partial charge < -0.3 is 39.6 Å². The molecule has 0 unspecified atom stereocenters. The van der Waals surface area contributed by atoms with Crippen LogP contribution in [0.5, 0.6) is 11.5 Å². The normalized spacial score (nSPS) is 11.4. The number of fused-ring (bicyclic) bond motifs is 4. The zero-order valence-electron chi connectivity index (χ0n) is 34.7. The first-order chi connectivity index (χ1) is 29.0. The number of allylic oxidation sites excluding steroid dienone is 2. The molecule has 0 bridgehead atoms. The predicted octanol–water partition coefficient (Wildman–Crippen LogP) is 5.49. The standard InChI is InChI=1S/C40H43N11O7.C2H6/c1-6-27-34(58-22(4)44-27)39(55)47-40-45-28-17-24(36(42)54)18-30(56-5)33(28)50(40)12-9-8-11-49-32-25(16-23(35(41)53)19-31(32)57-14-10-13-52)26-20-43-37(46-38(26)49)29-15-21(3)48-51(29)7-2;1-2/h8-9,15-20,52H,6-7,10-14H2,1-5H3,(H2,41,53)(H2,42,54)(H,45,47,55);1-2H3/b9-8+;. The minimum atomic E-state index is -0.667. The number of aryl methyl sites for hydroxylation is 4. The SMILES string of the molecule is CC.CCc1nc(C)oc1C(=O)Nc1nc2cc(C(N)=O)cc(OC)c2n1C/C=C/Cn1c2nc(-c3cc(C)nn3CC)ncc2c2cc(C(N)=O)cc(OCCCO)c21. The lowest BCUT2D eigenvalue weighted by Crippen LogP contribution is -2.17. The third kappa shape index (κ3) is 8.26. The number of hydrogen-bond donors (Lipinski definition) is 4. The minimum Gasteiger partial charge on any atom is -0.494 e. The van der Waals surface area contributed by atoms with E-state index in [-0.39, 0.29) is 49.1 Å². The van der Waals surface area contributed by atoms with Crippen LogP contribution in [0.4, 0.5) is 5.95 Å². The van der Waals surface area contributed by atoms with Gasteiger partial charge in [-0.2, -0.15) is 5.10 Å². The Morgan fingerprint density at radius 3 is 2.27 bits per heavy atom. The summed E-state index contributed by atoms with van der Waals surface area (Å²) in [5.74, 6) is -0.0902. The zero-order chi connectivity index (χ0) is 43.2. The van der Waals surface area contributed by atoms with Crippen LogP contribution in [0.2, 0.25) is 0 Å². The Labute approximate surface area is 345 Å². The molecule has 5 aromatic heterocycles. The van der Waals surface area contributed by atoms with Crippen LogP contribution in [0.1, 0.15) is 82.7 Å². The number of nitrogens with one attached hydrogen (secondary N) is 1. The molecule has 0 fully saturated rings. The number of oxazole rings is 1. The Kier molecular flexibility index (Phi) is 12.9. The molecule has 5 heterocycles. The molecule has 0 spiro atoms. The van der Waals surface area contributed by atoms with Gasteiger partial charge in [0.25, 0.3) is 5.91 Å².